The molecule has 3 aromatic rings. The molecular weight excluding hydrogens is 420 g/mol. The van der Waals surface area contributed by atoms with E-state index in [1.165, 1.54) is 24.6 Å². The monoisotopic (exact) mass is 442 g/mol. The molecule has 8 nitrogen and oxygen atoms in total. The number of halogens is 1. The Morgan fingerprint density at radius 2 is 1.77 bits per heavy atom. The van der Waals surface area contributed by atoms with Crippen molar-refractivity contribution in [2.24, 2.45) is 0 Å². The lowest BCUT2D eigenvalue weighted by molar-refractivity contribution is -0.138. The van der Waals surface area contributed by atoms with Gasteiger partial charge in [-0.3, -0.25) is 0 Å². The quantitative estimate of drug-likeness (QED) is 0.415. The number of carbonyl (C=O) groups is 2. The lowest BCUT2D eigenvalue weighted by Gasteiger charge is -2.10. The molecule has 0 atom stereocenters. The molecule has 0 saturated carbocycles. The van der Waals surface area contributed by atoms with E-state index in [-0.39, 0.29) is 5.70 Å². The van der Waals surface area contributed by atoms with Crippen molar-refractivity contribution in [3.63, 3.8) is 0 Å². The van der Waals surface area contributed by atoms with Gasteiger partial charge in [0.15, 0.2) is 0 Å². The van der Waals surface area contributed by atoms with E-state index < -0.39 is 11.9 Å². The number of unbranched alkanes of at least 4 members (excludes halogenated alkanes) is 1. The smallest absolute Gasteiger partial charge is 0.354 e. The fourth-order valence-electron chi connectivity index (χ4n) is 2.90. The highest BCUT2D eigenvalue weighted by Gasteiger charge is 2.16. The molecule has 1 N–H and O–H groups in total. The van der Waals surface area contributed by atoms with Crippen LogP contribution in [-0.2, 0) is 25.5 Å². The van der Waals surface area contributed by atoms with E-state index in [9.17, 15) is 9.59 Å². The number of aryl methyl sites for hydroxylation is 1. The number of hydrogen-bond donors (Lipinski definition) is 1. The van der Waals surface area contributed by atoms with Gasteiger partial charge in [-0.2, -0.15) is 4.80 Å². The maximum atomic E-state index is 12.0. The first-order valence-corrected chi connectivity index (χ1v) is 10.1. The minimum absolute atomic E-state index is 0.120. The zero-order chi connectivity index (χ0) is 22.4. The minimum Gasteiger partial charge on any atom is -0.466 e. The molecule has 0 aliphatic heterocycles. The van der Waals surface area contributed by atoms with Crippen LogP contribution in [0.4, 0.5) is 5.69 Å². The van der Waals surface area contributed by atoms with E-state index >= 15 is 0 Å². The summed E-state index contributed by atoms with van der Waals surface area (Å²) in [6.45, 7) is 2.17. The molecule has 0 amide bonds. The van der Waals surface area contributed by atoms with Crippen LogP contribution in [-0.4, -0.2) is 41.2 Å². The van der Waals surface area contributed by atoms with E-state index in [1.807, 2.05) is 12.1 Å². The van der Waals surface area contributed by atoms with Gasteiger partial charge in [-0.05, 0) is 42.7 Å². The molecule has 2 aromatic carbocycles. The first-order valence-electron chi connectivity index (χ1n) is 9.76. The van der Waals surface area contributed by atoms with Crippen molar-refractivity contribution in [1.82, 2.24) is 15.0 Å². The lowest BCUT2D eigenvalue weighted by Crippen LogP contribution is -2.15. The summed E-state index contributed by atoms with van der Waals surface area (Å²) in [5.74, 6) is -1.45. The molecule has 1 heterocycles. The number of hydrogen-bond acceptors (Lipinski definition) is 7. The molecule has 0 saturated heterocycles. The molecule has 0 bridgehead atoms. The molecule has 162 valence electrons. The molecule has 1 aromatic heterocycles. The van der Waals surface area contributed by atoms with Crippen LogP contribution in [0, 0.1) is 0 Å². The number of nitrogens with one attached hydrogen (secondary N) is 1. The van der Waals surface area contributed by atoms with Gasteiger partial charge >= 0.3 is 11.9 Å². The number of carbonyl (C=O) groups excluding carboxylic acids is 2. The van der Waals surface area contributed by atoms with E-state index in [4.69, 9.17) is 16.3 Å². The normalized spacial score (nSPS) is 11.4. The second-order valence-corrected chi connectivity index (χ2v) is 7.19. The van der Waals surface area contributed by atoms with Gasteiger partial charge in [0.05, 0.1) is 36.7 Å². The Hall–Kier alpha value is -3.39. The molecule has 31 heavy (non-hydrogen) atoms. The average Bonchev–Trinajstić information content (AvgIpc) is 3.19. The van der Waals surface area contributed by atoms with Gasteiger partial charge in [0, 0.05) is 0 Å². The largest absolute Gasteiger partial charge is 0.466 e. The fraction of sp³-hybridized carbons (Fsp3) is 0.273. The number of anilines is 1. The Labute approximate surface area is 184 Å². The van der Waals surface area contributed by atoms with Gasteiger partial charge in [0.1, 0.15) is 16.7 Å². The van der Waals surface area contributed by atoms with Gasteiger partial charge in [0.2, 0.25) is 0 Å². The number of methoxy groups -OCH3 is 2. The molecule has 0 radical (unpaired) electrons. The van der Waals surface area contributed by atoms with Crippen molar-refractivity contribution in [1.29, 1.82) is 0 Å². The van der Waals surface area contributed by atoms with Crippen LogP contribution >= 0.6 is 11.6 Å². The number of fused-ring (bicyclic) bond motifs is 1. The third-order valence-corrected chi connectivity index (χ3v) is 4.91. The molecule has 0 aliphatic carbocycles. The number of nitrogens with zero attached hydrogens (tertiary/aromatic N) is 3. The first kappa shape index (κ1) is 22.3. The molecule has 0 fully saturated rings. The second-order valence-electron chi connectivity index (χ2n) is 6.78. The summed E-state index contributed by atoms with van der Waals surface area (Å²) in [5.41, 5.74) is 3.49. The van der Waals surface area contributed by atoms with Crippen LogP contribution in [0.3, 0.4) is 0 Å². The Kier molecular flexibility index (Phi) is 7.25. The van der Waals surface area contributed by atoms with Crippen LogP contribution in [0.2, 0.25) is 5.02 Å². The number of benzene rings is 2. The lowest BCUT2D eigenvalue weighted by atomic mass is 10.1. The van der Waals surface area contributed by atoms with Crippen LogP contribution < -0.4 is 5.32 Å². The number of ether oxygens (including phenoxy) is 2. The molecule has 0 spiro atoms. The summed E-state index contributed by atoms with van der Waals surface area (Å²) in [4.78, 5) is 25.1. The average molecular weight is 443 g/mol. The van der Waals surface area contributed by atoms with Crippen molar-refractivity contribution in [3.8, 4) is 5.69 Å². The van der Waals surface area contributed by atoms with Crippen molar-refractivity contribution < 1.29 is 19.1 Å². The zero-order valence-electron chi connectivity index (χ0n) is 17.5. The molecule has 9 heteroatoms. The summed E-state index contributed by atoms with van der Waals surface area (Å²) in [7, 11) is 2.42. The Balaban J connectivity index is 1.90. The van der Waals surface area contributed by atoms with E-state index in [0.717, 1.165) is 31.0 Å². The highest BCUT2D eigenvalue weighted by molar-refractivity contribution is 6.34. The van der Waals surface area contributed by atoms with Gasteiger partial charge in [-0.25, -0.2) is 9.59 Å². The standard InChI is InChI=1S/C22H23ClN4O4/c1-4-5-6-14-7-9-15(10-8-14)27-25-18-11-16(23)17(12-19(18)26-27)24-20(22(29)31-3)13-21(28)30-2/h7-13,24H,4-6H2,1-3H3/b20-13+. The third kappa shape index (κ3) is 5.40. The molecular formula is C22H23ClN4O4. The van der Waals surface area contributed by atoms with Gasteiger partial charge < -0.3 is 14.8 Å². The van der Waals surface area contributed by atoms with Crippen LogP contribution in [0.15, 0.2) is 48.2 Å². The van der Waals surface area contributed by atoms with E-state index in [0.29, 0.717) is 21.7 Å². The predicted molar refractivity (Wildman–Crippen MR) is 118 cm³/mol. The maximum Gasteiger partial charge on any atom is 0.354 e. The molecule has 3 rings (SSSR count). The van der Waals surface area contributed by atoms with Crippen molar-refractivity contribution in [2.45, 2.75) is 26.2 Å². The fourth-order valence-corrected chi connectivity index (χ4v) is 3.11. The third-order valence-electron chi connectivity index (χ3n) is 4.59. The van der Waals surface area contributed by atoms with Crippen LogP contribution in [0.25, 0.3) is 16.7 Å². The Morgan fingerprint density at radius 3 is 2.39 bits per heavy atom. The summed E-state index contributed by atoms with van der Waals surface area (Å²) in [6.07, 6.45) is 4.33. The molecule has 0 aliphatic rings. The molecule has 0 unspecified atom stereocenters. The highest BCUT2D eigenvalue weighted by atomic mass is 35.5. The zero-order valence-corrected chi connectivity index (χ0v) is 18.3. The summed E-state index contributed by atoms with van der Waals surface area (Å²) in [6, 6.07) is 11.4. The van der Waals surface area contributed by atoms with Crippen LogP contribution in [0.1, 0.15) is 25.3 Å². The highest BCUT2D eigenvalue weighted by Crippen LogP contribution is 2.28. The number of esters is 2. The Morgan fingerprint density at radius 1 is 1.10 bits per heavy atom. The van der Waals surface area contributed by atoms with Gasteiger partial charge in [0.25, 0.3) is 0 Å². The topological polar surface area (TPSA) is 95.3 Å². The van der Waals surface area contributed by atoms with Crippen molar-refractivity contribution >= 4 is 40.3 Å². The first-order chi connectivity index (χ1) is 14.9. The van der Waals surface area contributed by atoms with Crippen molar-refractivity contribution in [3.05, 3.63) is 58.8 Å². The SMILES string of the molecule is CCCCc1ccc(-n2nc3cc(Cl)c(N/C(=C/C(=O)OC)C(=O)OC)cc3n2)cc1. The van der Waals surface area contributed by atoms with Crippen molar-refractivity contribution in [2.75, 3.05) is 19.5 Å². The summed E-state index contributed by atoms with van der Waals surface area (Å²) in [5, 5.41) is 12.1. The van der Waals surface area contributed by atoms with Gasteiger partial charge in [-0.1, -0.05) is 37.1 Å². The predicted octanol–water partition coefficient (Wildman–Crippen LogP) is 4.06. The maximum absolute atomic E-state index is 12.0. The number of aromatic nitrogens is 3. The van der Waals surface area contributed by atoms with Crippen LogP contribution in [0.5, 0.6) is 0 Å². The summed E-state index contributed by atoms with van der Waals surface area (Å²) >= 11 is 6.36. The van der Waals surface area contributed by atoms with Gasteiger partial charge in [-0.15, -0.1) is 10.2 Å². The Bertz CT molecular complexity index is 1120. The second kappa shape index (κ2) is 10.1. The number of rotatable bonds is 8. The minimum atomic E-state index is -0.742. The van der Waals surface area contributed by atoms with E-state index in [1.54, 1.807) is 12.1 Å². The van der Waals surface area contributed by atoms with E-state index in [2.05, 4.69) is 39.3 Å². The summed E-state index contributed by atoms with van der Waals surface area (Å²) < 4.78 is 9.27.